The molecule has 0 saturated carbocycles. The molecule has 0 fully saturated rings. The molecule has 26 heavy (non-hydrogen) atoms. The van der Waals surface area contributed by atoms with Crippen LogP contribution in [-0.4, -0.2) is 6.61 Å². The van der Waals surface area contributed by atoms with Gasteiger partial charge in [-0.1, -0.05) is 68.0 Å². The van der Waals surface area contributed by atoms with Crippen molar-refractivity contribution in [2.45, 2.75) is 39.5 Å². The van der Waals surface area contributed by atoms with E-state index in [-0.39, 0.29) is 0 Å². The van der Waals surface area contributed by atoms with Crippen molar-refractivity contribution in [1.82, 2.24) is 0 Å². The van der Waals surface area contributed by atoms with Crippen molar-refractivity contribution in [3.63, 3.8) is 0 Å². The quantitative estimate of drug-likeness (QED) is 0.390. The van der Waals surface area contributed by atoms with Gasteiger partial charge < -0.3 is 4.74 Å². The molecule has 0 heterocycles. The highest BCUT2D eigenvalue weighted by Crippen LogP contribution is 2.13. The molecule has 0 aromatic heterocycles. The van der Waals surface area contributed by atoms with Crippen LogP contribution in [0.4, 0.5) is 0 Å². The van der Waals surface area contributed by atoms with Crippen molar-refractivity contribution in [3.05, 3.63) is 77.4 Å². The monoisotopic (exact) mass is 344 g/mol. The molecule has 0 radical (unpaired) electrons. The molecule has 2 aromatic carbocycles. The first-order valence-electron chi connectivity index (χ1n) is 9.47. The predicted octanol–water partition coefficient (Wildman–Crippen LogP) is 6.55. The Hall–Kier alpha value is -2.72. The van der Waals surface area contributed by atoms with E-state index >= 15 is 0 Å². The van der Waals surface area contributed by atoms with Gasteiger partial charge in [-0.05, 0) is 72.9 Å². The van der Waals surface area contributed by atoms with E-state index in [1.54, 1.807) is 0 Å². The molecule has 0 atom stereocenters. The van der Waals surface area contributed by atoms with Gasteiger partial charge in [0.15, 0.2) is 0 Å². The van der Waals surface area contributed by atoms with E-state index in [9.17, 15) is 0 Å². The largest absolute Gasteiger partial charge is 0.494 e. The van der Waals surface area contributed by atoms with Crippen LogP contribution < -0.4 is 4.74 Å². The summed E-state index contributed by atoms with van der Waals surface area (Å²) in [4.78, 5) is 0. The number of hydrogen-bond donors (Lipinski definition) is 0. The normalized spacial score (nSPS) is 10.8. The molecule has 0 saturated heterocycles. The number of hydrogen-bond acceptors (Lipinski definition) is 1. The zero-order valence-electron chi connectivity index (χ0n) is 15.9. The second kappa shape index (κ2) is 11.8. The van der Waals surface area contributed by atoms with Gasteiger partial charge in [0.2, 0.25) is 0 Å². The average Bonchev–Trinajstić information content (AvgIpc) is 2.67. The maximum atomic E-state index is 5.43. The Balaban J connectivity index is 1.81. The molecule has 2 aromatic rings. The summed E-state index contributed by atoms with van der Waals surface area (Å²) in [5.74, 6) is 6.99. The molecule has 2 rings (SSSR count). The Morgan fingerprint density at radius 1 is 0.769 bits per heavy atom. The third-order valence-electron chi connectivity index (χ3n) is 4.04. The molecule has 0 aliphatic rings. The zero-order chi connectivity index (χ0) is 18.5. The molecular formula is C25H28O. The summed E-state index contributed by atoms with van der Waals surface area (Å²) < 4.78 is 5.43. The van der Waals surface area contributed by atoms with Crippen LogP contribution in [0, 0.1) is 11.8 Å². The zero-order valence-corrected chi connectivity index (χ0v) is 15.9. The highest BCUT2D eigenvalue weighted by atomic mass is 16.5. The van der Waals surface area contributed by atoms with Crippen molar-refractivity contribution in [2.24, 2.45) is 0 Å². The molecule has 0 unspecified atom stereocenters. The highest BCUT2D eigenvalue weighted by Gasteiger charge is 1.93. The Labute approximate surface area is 158 Å². The second-order valence-electron chi connectivity index (χ2n) is 6.16. The Bertz CT molecular complexity index is 753. The average molecular weight is 344 g/mol. The SMILES string of the molecule is CCCCCc1ccc(C=CC#CC=Cc2ccc(OCC)cc2)cc1. The lowest BCUT2D eigenvalue weighted by Gasteiger charge is -2.01. The topological polar surface area (TPSA) is 9.23 Å². The van der Waals surface area contributed by atoms with Gasteiger partial charge in [-0.25, -0.2) is 0 Å². The van der Waals surface area contributed by atoms with Gasteiger partial charge >= 0.3 is 0 Å². The standard InChI is InChI=1S/C25H28O/c1-3-5-8-11-22-14-16-23(17-15-22)12-9-6-7-10-13-24-18-20-25(21-19-24)26-4-2/h9-10,12-21H,3-5,8,11H2,1-2H3. The van der Waals surface area contributed by atoms with Crippen molar-refractivity contribution in [1.29, 1.82) is 0 Å². The van der Waals surface area contributed by atoms with E-state index in [1.807, 2.05) is 55.5 Å². The summed E-state index contributed by atoms with van der Waals surface area (Å²) in [6.07, 6.45) is 12.8. The van der Waals surface area contributed by atoms with Crippen LogP contribution in [0.5, 0.6) is 5.75 Å². The fourth-order valence-corrected chi connectivity index (χ4v) is 2.59. The summed E-state index contributed by atoms with van der Waals surface area (Å²) in [5.41, 5.74) is 3.72. The van der Waals surface area contributed by atoms with Gasteiger partial charge in [0, 0.05) is 0 Å². The smallest absolute Gasteiger partial charge is 0.119 e. The lowest BCUT2D eigenvalue weighted by Crippen LogP contribution is -1.90. The first-order valence-corrected chi connectivity index (χ1v) is 9.47. The van der Waals surface area contributed by atoms with Gasteiger partial charge in [-0.3, -0.25) is 0 Å². The van der Waals surface area contributed by atoms with Crippen LogP contribution >= 0.6 is 0 Å². The lowest BCUT2D eigenvalue weighted by molar-refractivity contribution is 0.340. The maximum absolute atomic E-state index is 5.43. The Morgan fingerprint density at radius 3 is 1.88 bits per heavy atom. The Kier molecular flexibility index (Phi) is 8.87. The predicted molar refractivity (Wildman–Crippen MR) is 113 cm³/mol. The van der Waals surface area contributed by atoms with E-state index in [1.165, 1.54) is 36.8 Å². The van der Waals surface area contributed by atoms with Crippen LogP contribution in [-0.2, 0) is 6.42 Å². The van der Waals surface area contributed by atoms with E-state index in [2.05, 4.69) is 43.0 Å². The highest BCUT2D eigenvalue weighted by molar-refractivity contribution is 5.56. The van der Waals surface area contributed by atoms with Crippen molar-refractivity contribution >= 4 is 12.2 Å². The summed E-state index contributed by atoms with van der Waals surface area (Å²) >= 11 is 0. The molecule has 0 N–H and O–H groups in total. The number of unbranched alkanes of at least 4 members (excludes halogenated alkanes) is 2. The molecule has 0 spiro atoms. The summed E-state index contributed by atoms with van der Waals surface area (Å²) in [6, 6.07) is 16.8. The second-order valence-corrected chi connectivity index (χ2v) is 6.16. The van der Waals surface area contributed by atoms with Gasteiger partial charge in [0.25, 0.3) is 0 Å². The maximum Gasteiger partial charge on any atom is 0.119 e. The molecule has 0 amide bonds. The lowest BCUT2D eigenvalue weighted by atomic mass is 10.1. The van der Waals surface area contributed by atoms with E-state index in [0.717, 1.165) is 11.3 Å². The minimum absolute atomic E-state index is 0.689. The molecule has 1 heteroatoms. The molecular weight excluding hydrogens is 316 g/mol. The van der Waals surface area contributed by atoms with E-state index in [4.69, 9.17) is 4.74 Å². The molecule has 0 aliphatic carbocycles. The number of rotatable bonds is 8. The summed E-state index contributed by atoms with van der Waals surface area (Å²) in [5, 5.41) is 0. The number of aryl methyl sites for hydroxylation is 1. The van der Waals surface area contributed by atoms with Crippen LogP contribution in [0.15, 0.2) is 60.7 Å². The number of allylic oxidation sites excluding steroid dienone is 2. The van der Waals surface area contributed by atoms with E-state index < -0.39 is 0 Å². The fraction of sp³-hybridized carbons (Fsp3) is 0.280. The number of benzene rings is 2. The number of ether oxygens (including phenoxy) is 1. The third-order valence-corrected chi connectivity index (χ3v) is 4.04. The van der Waals surface area contributed by atoms with Crippen LogP contribution in [0.1, 0.15) is 49.8 Å². The first kappa shape index (κ1) is 19.6. The van der Waals surface area contributed by atoms with Gasteiger partial charge in [0.05, 0.1) is 6.61 Å². The Morgan fingerprint density at radius 2 is 1.35 bits per heavy atom. The molecule has 0 aliphatic heterocycles. The first-order chi connectivity index (χ1) is 12.8. The van der Waals surface area contributed by atoms with Gasteiger partial charge in [-0.15, -0.1) is 0 Å². The fourth-order valence-electron chi connectivity index (χ4n) is 2.59. The van der Waals surface area contributed by atoms with Crippen LogP contribution in [0.25, 0.3) is 12.2 Å². The van der Waals surface area contributed by atoms with E-state index in [0.29, 0.717) is 6.61 Å². The van der Waals surface area contributed by atoms with Crippen LogP contribution in [0.2, 0.25) is 0 Å². The molecule has 1 nitrogen and oxygen atoms in total. The van der Waals surface area contributed by atoms with Crippen molar-refractivity contribution in [2.75, 3.05) is 6.61 Å². The molecule has 134 valence electrons. The van der Waals surface area contributed by atoms with Crippen LogP contribution in [0.3, 0.4) is 0 Å². The van der Waals surface area contributed by atoms with Gasteiger partial charge in [0.1, 0.15) is 5.75 Å². The summed E-state index contributed by atoms with van der Waals surface area (Å²) in [7, 11) is 0. The van der Waals surface area contributed by atoms with Crippen molar-refractivity contribution < 1.29 is 4.74 Å². The molecule has 0 bridgehead atoms. The minimum Gasteiger partial charge on any atom is -0.494 e. The minimum atomic E-state index is 0.689. The van der Waals surface area contributed by atoms with Gasteiger partial charge in [-0.2, -0.15) is 0 Å². The third kappa shape index (κ3) is 7.45. The van der Waals surface area contributed by atoms with Crippen molar-refractivity contribution in [3.8, 4) is 17.6 Å². The summed E-state index contributed by atoms with van der Waals surface area (Å²) in [6.45, 7) is 4.91.